The Morgan fingerprint density at radius 3 is 2.50 bits per heavy atom. The van der Waals surface area contributed by atoms with E-state index in [9.17, 15) is 26.8 Å². The van der Waals surface area contributed by atoms with Crippen LogP contribution in [0, 0.1) is 17.8 Å². The van der Waals surface area contributed by atoms with Crippen molar-refractivity contribution in [2.75, 3.05) is 0 Å². The van der Waals surface area contributed by atoms with Crippen molar-refractivity contribution in [3.05, 3.63) is 0 Å². The zero-order valence-corrected chi connectivity index (χ0v) is 11.0. The molecule has 0 aromatic carbocycles. The number of carbonyl (C=O) groups excluding carboxylic acids is 2. The number of ether oxygens (including phenoxy) is 1. The second-order valence-electron chi connectivity index (χ2n) is 5.88. The van der Waals surface area contributed by atoms with E-state index in [4.69, 9.17) is 9.29 Å². The molecule has 112 valence electrons. The van der Waals surface area contributed by atoms with Gasteiger partial charge in [-0.3, -0.25) is 9.35 Å². The summed E-state index contributed by atoms with van der Waals surface area (Å²) in [6.45, 7) is 0. The highest BCUT2D eigenvalue weighted by atomic mass is 32.2. The molecule has 6 nitrogen and oxygen atoms in total. The smallest absolute Gasteiger partial charge is 0.454 e. The fraction of sp³-hybridized carbons (Fsp3) is 0.818. The van der Waals surface area contributed by atoms with Crippen molar-refractivity contribution in [1.29, 1.82) is 0 Å². The fourth-order valence-electron chi connectivity index (χ4n) is 3.92. The van der Waals surface area contributed by atoms with Crippen LogP contribution in [0.1, 0.15) is 25.7 Å². The largest absolute Gasteiger partial charge is 0.465 e. The standard InChI is InChI=1S/C11H12F2O6S/c12-11(13,20(16,17)18)9(15)19-10-2-5-1-6(3-10)8(14)7(5)4-10/h5-7H,1-4H2,(H,16,17,18). The normalized spacial score (nSPS) is 39.4. The van der Waals surface area contributed by atoms with Crippen LogP contribution in [0.5, 0.6) is 0 Å². The van der Waals surface area contributed by atoms with E-state index in [0.29, 0.717) is 12.8 Å². The minimum absolute atomic E-state index is 0.0217. The van der Waals surface area contributed by atoms with E-state index >= 15 is 0 Å². The topological polar surface area (TPSA) is 97.7 Å². The first kappa shape index (κ1) is 13.9. The van der Waals surface area contributed by atoms with Crippen LogP contribution < -0.4 is 0 Å². The van der Waals surface area contributed by atoms with Crippen molar-refractivity contribution in [3.63, 3.8) is 0 Å². The molecule has 4 saturated carbocycles. The molecule has 4 atom stereocenters. The molecule has 4 rings (SSSR count). The second-order valence-corrected chi connectivity index (χ2v) is 7.34. The molecular weight excluding hydrogens is 298 g/mol. The Morgan fingerprint density at radius 2 is 2.00 bits per heavy atom. The Kier molecular flexibility index (Phi) is 2.61. The van der Waals surface area contributed by atoms with Crippen molar-refractivity contribution in [3.8, 4) is 0 Å². The summed E-state index contributed by atoms with van der Waals surface area (Å²) in [4.78, 5) is 23.2. The van der Waals surface area contributed by atoms with Crippen LogP contribution in [0.3, 0.4) is 0 Å². The van der Waals surface area contributed by atoms with E-state index in [-0.39, 0.29) is 36.4 Å². The Hall–Kier alpha value is -1.09. The van der Waals surface area contributed by atoms with Crippen LogP contribution in [-0.2, 0) is 24.4 Å². The van der Waals surface area contributed by atoms with Gasteiger partial charge in [-0.15, -0.1) is 0 Å². The Labute approximate surface area is 113 Å². The van der Waals surface area contributed by atoms with Crippen molar-refractivity contribution >= 4 is 21.9 Å². The molecule has 0 amide bonds. The molecule has 0 aromatic rings. The number of ketones is 1. The quantitative estimate of drug-likeness (QED) is 0.611. The van der Waals surface area contributed by atoms with Gasteiger partial charge in [-0.1, -0.05) is 0 Å². The second kappa shape index (κ2) is 3.76. The molecule has 4 aliphatic carbocycles. The Morgan fingerprint density at radius 1 is 1.35 bits per heavy atom. The van der Waals surface area contributed by atoms with Crippen LogP contribution in [0.15, 0.2) is 0 Å². The van der Waals surface area contributed by atoms with Crippen LogP contribution in [0.4, 0.5) is 8.78 Å². The minimum atomic E-state index is -5.86. The molecule has 0 radical (unpaired) electrons. The lowest BCUT2D eigenvalue weighted by Gasteiger charge is -2.37. The maximum atomic E-state index is 13.2. The zero-order chi connectivity index (χ0) is 14.9. The highest BCUT2D eigenvalue weighted by Crippen LogP contribution is 2.59. The van der Waals surface area contributed by atoms with Crippen LogP contribution in [-0.4, -0.2) is 35.6 Å². The lowest BCUT2D eigenvalue weighted by molar-refractivity contribution is -0.183. The van der Waals surface area contributed by atoms with Crippen molar-refractivity contribution in [2.24, 2.45) is 17.8 Å². The predicted octanol–water partition coefficient (Wildman–Crippen LogP) is 0.768. The van der Waals surface area contributed by atoms with E-state index < -0.39 is 26.9 Å². The first-order chi connectivity index (χ1) is 9.06. The van der Waals surface area contributed by atoms with Gasteiger partial charge < -0.3 is 4.74 Å². The SMILES string of the molecule is O=C1C2CC3CC(OC(=O)C(F)(F)S(=O)(=O)O)(C2)CC13. The molecule has 4 fully saturated rings. The van der Waals surface area contributed by atoms with Crippen molar-refractivity contribution < 1.29 is 36.1 Å². The summed E-state index contributed by atoms with van der Waals surface area (Å²) >= 11 is 0. The molecule has 0 aliphatic heterocycles. The average molecular weight is 310 g/mol. The van der Waals surface area contributed by atoms with E-state index in [1.165, 1.54) is 0 Å². The third kappa shape index (κ3) is 1.72. The molecule has 20 heavy (non-hydrogen) atoms. The van der Waals surface area contributed by atoms with Crippen molar-refractivity contribution in [2.45, 2.75) is 36.5 Å². The van der Waals surface area contributed by atoms with Gasteiger partial charge in [0.1, 0.15) is 11.4 Å². The highest BCUT2D eigenvalue weighted by molar-refractivity contribution is 7.87. The molecular formula is C11H12F2O6S. The molecule has 0 aromatic heterocycles. The van der Waals surface area contributed by atoms with E-state index in [0.717, 1.165) is 0 Å². The summed E-state index contributed by atoms with van der Waals surface area (Å²) in [7, 11) is -5.86. The van der Waals surface area contributed by atoms with Gasteiger partial charge in [0, 0.05) is 11.8 Å². The van der Waals surface area contributed by atoms with E-state index in [2.05, 4.69) is 0 Å². The highest BCUT2D eigenvalue weighted by Gasteiger charge is 2.64. The lowest BCUT2D eigenvalue weighted by Crippen LogP contribution is -2.47. The van der Waals surface area contributed by atoms with Crippen molar-refractivity contribution in [1.82, 2.24) is 0 Å². The van der Waals surface area contributed by atoms with Gasteiger partial charge in [-0.05, 0) is 31.6 Å². The third-order valence-electron chi connectivity index (χ3n) is 4.64. The van der Waals surface area contributed by atoms with Crippen LogP contribution >= 0.6 is 0 Å². The molecule has 9 heteroatoms. The maximum Gasteiger partial charge on any atom is 0.465 e. The summed E-state index contributed by atoms with van der Waals surface area (Å²) < 4.78 is 60.6. The number of esters is 1. The van der Waals surface area contributed by atoms with Gasteiger partial charge >= 0.3 is 21.3 Å². The molecule has 4 bridgehead atoms. The molecule has 1 N–H and O–H groups in total. The number of hydrogen-bond acceptors (Lipinski definition) is 5. The summed E-state index contributed by atoms with van der Waals surface area (Å²) in [5, 5.41) is -4.98. The third-order valence-corrected chi connectivity index (χ3v) is 5.45. The minimum Gasteiger partial charge on any atom is -0.454 e. The summed E-state index contributed by atoms with van der Waals surface area (Å²) in [6.07, 6.45) is 1.30. The zero-order valence-electron chi connectivity index (χ0n) is 10.2. The van der Waals surface area contributed by atoms with Gasteiger partial charge in [-0.2, -0.15) is 17.2 Å². The molecule has 4 aliphatic rings. The van der Waals surface area contributed by atoms with Gasteiger partial charge in [0.05, 0.1) is 0 Å². The Balaban J connectivity index is 1.81. The molecule has 0 heterocycles. The number of rotatable bonds is 3. The van der Waals surface area contributed by atoms with E-state index in [1.807, 2.05) is 0 Å². The summed E-state index contributed by atoms with van der Waals surface area (Å²) in [6, 6.07) is 0. The molecule has 0 saturated heterocycles. The average Bonchev–Trinajstić information content (AvgIpc) is 2.67. The number of alkyl halides is 2. The first-order valence-electron chi connectivity index (χ1n) is 6.18. The predicted molar refractivity (Wildman–Crippen MR) is 59.3 cm³/mol. The number of carbonyl (C=O) groups is 2. The summed E-state index contributed by atoms with van der Waals surface area (Å²) in [5.74, 6) is -2.73. The number of Topliss-reactive ketones (excluding diaryl/α,β-unsaturated/α-hetero) is 1. The van der Waals surface area contributed by atoms with E-state index in [1.54, 1.807) is 0 Å². The summed E-state index contributed by atoms with van der Waals surface area (Å²) in [5.41, 5.74) is -1.18. The molecule has 0 spiro atoms. The lowest BCUT2D eigenvalue weighted by atomic mass is 9.77. The van der Waals surface area contributed by atoms with Gasteiger partial charge in [0.25, 0.3) is 0 Å². The first-order valence-corrected chi connectivity index (χ1v) is 7.62. The van der Waals surface area contributed by atoms with Gasteiger partial charge in [0.2, 0.25) is 0 Å². The van der Waals surface area contributed by atoms with Crippen LogP contribution in [0.2, 0.25) is 0 Å². The van der Waals surface area contributed by atoms with Crippen LogP contribution in [0.25, 0.3) is 0 Å². The molecule has 4 unspecified atom stereocenters. The monoisotopic (exact) mass is 310 g/mol. The van der Waals surface area contributed by atoms with Gasteiger partial charge in [-0.25, -0.2) is 4.79 Å². The number of halogens is 2. The van der Waals surface area contributed by atoms with Gasteiger partial charge in [0.15, 0.2) is 0 Å². The Bertz CT molecular complexity index is 596. The maximum absolute atomic E-state index is 13.2. The fourth-order valence-corrected chi connectivity index (χ4v) is 4.17. The number of hydrogen-bond donors (Lipinski definition) is 1.